The summed E-state index contributed by atoms with van der Waals surface area (Å²) in [6.07, 6.45) is 2.77. The lowest BCUT2D eigenvalue weighted by atomic mass is 10.2. The molecule has 2 N–H and O–H groups in total. The number of nitrogens with one attached hydrogen (secondary N) is 2. The van der Waals surface area contributed by atoms with Gasteiger partial charge in [-0.2, -0.15) is 0 Å². The minimum absolute atomic E-state index is 0. The molecular weight excluding hydrogens is 491 g/mol. The summed E-state index contributed by atoms with van der Waals surface area (Å²) in [6, 6.07) is 7.88. The zero-order valence-electron chi connectivity index (χ0n) is 16.3. The fourth-order valence-electron chi connectivity index (χ4n) is 3.17. The van der Waals surface area contributed by atoms with E-state index in [0.29, 0.717) is 11.6 Å². The second kappa shape index (κ2) is 10.7. The molecule has 0 spiro atoms. The molecular formula is C19H26ClIN6O. The van der Waals surface area contributed by atoms with E-state index < -0.39 is 0 Å². The number of rotatable bonds is 5. The van der Waals surface area contributed by atoms with E-state index in [9.17, 15) is 0 Å². The van der Waals surface area contributed by atoms with Gasteiger partial charge in [-0.3, -0.25) is 4.99 Å². The Morgan fingerprint density at radius 2 is 2.21 bits per heavy atom. The highest BCUT2D eigenvalue weighted by atomic mass is 127. The van der Waals surface area contributed by atoms with E-state index in [-0.39, 0.29) is 30.0 Å². The number of anilines is 1. The summed E-state index contributed by atoms with van der Waals surface area (Å²) >= 11 is 6.17. The van der Waals surface area contributed by atoms with E-state index in [1.165, 1.54) is 0 Å². The third-order valence-electron chi connectivity index (χ3n) is 4.50. The van der Waals surface area contributed by atoms with Gasteiger partial charge in [0.05, 0.1) is 25.0 Å². The fraction of sp³-hybridized carbons (Fsp3) is 0.421. The van der Waals surface area contributed by atoms with E-state index in [0.717, 1.165) is 48.4 Å². The quantitative estimate of drug-likeness (QED) is 0.362. The highest BCUT2D eigenvalue weighted by molar-refractivity contribution is 14.0. The first-order chi connectivity index (χ1) is 13.1. The van der Waals surface area contributed by atoms with E-state index in [2.05, 4.69) is 30.5 Å². The molecule has 1 aromatic carbocycles. The SMILES string of the molecule is CN=C(NCc1ccnc(C)n1)NC1CCN(c2cc(Cl)ccc2OC)C1.I. The largest absolute Gasteiger partial charge is 0.495 e. The molecule has 0 aliphatic carbocycles. The van der Waals surface area contributed by atoms with Gasteiger partial charge in [0.15, 0.2) is 5.96 Å². The fourth-order valence-corrected chi connectivity index (χ4v) is 3.34. The molecule has 1 aliphatic heterocycles. The van der Waals surface area contributed by atoms with Crippen LogP contribution in [0.4, 0.5) is 5.69 Å². The summed E-state index contributed by atoms with van der Waals surface area (Å²) in [5, 5.41) is 7.50. The molecule has 2 heterocycles. The van der Waals surface area contributed by atoms with Crippen molar-refractivity contribution in [3.8, 4) is 5.75 Å². The number of methoxy groups -OCH3 is 1. The Morgan fingerprint density at radius 3 is 2.93 bits per heavy atom. The summed E-state index contributed by atoms with van der Waals surface area (Å²) in [5.41, 5.74) is 1.95. The Kier molecular flexibility index (Phi) is 8.56. The lowest BCUT2D eigenvalue weighted by molar-refractivity contribution is 0.415. The Labute approximate surface area is 188 Å². The van der Waals surface area contributed by atoms with Crippen LogP contribution in [0, 0.1) is 6.92 Å². The highest BCUT2D eigenvalue weighted by Gasteiger charge is 2.25. The first kappa shape index (κ1) is 22.5. The average molecular weight is 517 g/mol. The van der Waals surface area contributed by atoms with Crippen LogP contribution in [0.25, 0.3) is 0 Å². The van der Waals surface area contributed by atoms with Crippen LogP contribution in [0.3, 0.4) is 0 Å². The zero-order valence-corrected chi connectivity index (χ0v) is 19.4. The maximum Gasteiger partial charge on any atom is 0.191 e. The number of ether oxygens (including phenoxy) is 1. The smallest absolute Gasteiger partial charge is 0.191 e. The van der Waals surface area contributed by atoms with Gasteiger partial charge in [0.1, 0.15) is 11.6 Å². The Hall–Kier alpha value is -1.81. The summed E-state index contributed by atoms with van der Waals surface area (Å²) in [5.74, 6) is 2.36. The zero-order chi connectivity index (χ0) is 19.2. The molecule has 1 aliphatic rings. The van der Waals surface area contributed by atoms with Crippen molar-refractivity contribution in [1.29, 1.82) is 0 Å². The van der Waals surface area contributed by atoms with E-state index >= 15 is 0 Å². The molecule has 1 atom stereocenters. The Morgan fingerprint density at radius 1 is 1.39 bits per heavy atom. The number of benzene rings is 1. The van der Waals surface area contributed by atoms with Crippen molar-refractivity contribution in [3.05, 3.63) is 47.0 Å². The number of hydrogen-bond donors (Lipinski definition) is 2. The number of aryl methyl sites for hydroxylation is 1. The Bertz CT molecular complexity index is 819. The molecule has 0 amide bonds. The molecule has 2 aromatic rings. The van der Waals surface area contributed by atoms with Crippen LogP contribution < -0.4 is 20.3 Å². The van der Waals surface area contributed by atoms with Gasteiger partial charge >= 0.3 is 0 Å². The standard InChI is InChI=1S/C19H25ClN6O.HI/c1-13-22-8-6-15(24-13)11-23-19(21-2)25-16-7-9-26(12-16)17-10-14(20)4-5-18(17)27-3;/h4-6,8,10,16H,7,9,11-12H2,1-3H3,(H2,21,23,25);1H. The number of guanidine groups is 1. The van der Waals surface area contributed by atoms with Crippen molar-refractivity contribution in [2.45, 2.75) is 25.9 Å². The van der Waals surface area contributed by atoms with Gasteiger partial charge in [-0.05, 0) is 37.6 Å². The summed E-state index contributed by atoms with van der Waals surface area (Å²) in [7, 11) is 3.45. The van der Waals surface area contributed by atoms with Crippen molar-refractivity contribution in [2.75, 3.05) is 32.1 Å². The van der Waals surface area contributed by atoms with Crippen LogP contribution in [0.15, 0.2) is 35.5 Å². The first-order valence-electron chi connectivity index (χ1n) is 8.93. The number of aliphatic imine (C=N–C) groups is 1. The molecule has 152 valence electrons. The van der Waals surface area contributed by atoms with Crippen LogP contribution >= 0.6 is 35.6 Å². The maximum absolute atomic E-state index is 6.17. The number of nitrogens with zero attached hydrogens (tertiary/aromatic N) is 4. The van der Waals surface area contributed by atoms with Crippen molar-refractivity contribution < 1.29 is 4.74 Å². The Balaban J connectivity index is 0.00000280. The molecule has 7 nitrogen and oxygen atoms in total. The average Bonchev–Trinajstić information content (AvgIpc) is 3.13. The molecule has 3 rings (SSSR count). The molecule has 1 fully saturated rings. The molecule has 1 unspecified atom stereocenters. The molecule has 1 saturated heterocycles. The molecule has 0 bridgehead atoms. The van der Waals surface area contributed by atoms with Crippen LogP contribution in [-0.2, 0) is 6.54 Å². The number of halogens is 2. The second-order valence-corrected chi connectivity index (χ2v) is 6.85. The van der Waals surface area contributed by atoms with Gasteiger partial charge in [0.25, 0.3) is 0 Å². The van der Waals surface area contributed by atoms with Crippen LogP contribution in [0.5, 0.6) is 5.75 Å². The van der Waals surface area contributed by atoms with Gasteiger partial charge in [0.2, 0.25) is 0 Å². The lowest BCUT2D eigenvalue weighted by Gasteiger charge is -2.22. The van der Waals surface area contributed by atoms with Crippen molar-refractivity contribution in [2.24, 2.45) is 4.99 Å². The maximum atomic E-state index is 6.17. The van der Waals surface area contributed by atoms with Gasteiger partial charge < -0.3 is 20.3 Å². The summed E-state index contributed by atoms with van der Waals surface area (Å²) in [4.78, 5) is 15.1. The summed E-state index contributed by atoms with van der Waals surface area (Å²) in [6.45, 7) is 4.26. The van der Waals surface area contributed by atoms with Crippen molar-refractivity contribution in [3.63, 3.8) is 0 Å². The topological polar surface area (TPSA) is 74.7 Å². The minimum atomic E-state index is 0. The van der Waals surface area contributed by atoms with Crippen molar-refractivity contribution in [1.82, 2.24) is 20.6 Å². The highest BCUT2D eigenvalue weighted by Crippen LogP contribution is 2.33. The molecule has 28 heavy (non-hydrogen) atoms. The van der Waals surface area contributed by atoms with E-state index in [4.69, 9.17) is 16.3 Å². The van der Waals surface area contributed by atoms with Crippen LogP contribution in [-0.4, -0.2) is 49.2 Å². The predicted octanol–water partition coefficient (Wildman–Crippen LogP) is 3.01. The van der Waals surface area contributed by atoms with Gasteiger partial charge in [0, 0.05) is 37.4 Å². The molecule has 1 aromatic heterocycles. The van der Waals surface area contributed by atoms with Gasteiger partial charge in [-0.25, -0.2) is 9.97 Å². The third-order valence-corrected chi connectivity index (χ3v) is 4.74. The molecule has 0 radical (unpaired) electrons. The third kappa shape index (κ3) is 5.84. The molecule has 9 heteroatoms. The van der Waals surface area contributed by atoms with Gasteiger partial charge in [-0.15, -0.1) is 24.0 Å². The number of hydrogen-bond acceptors (Lipinski definition) is 5. The number of aromatic nitrogens is 2. The first-order valence-corrected chi connectivity index (χ1v) is 9.31. The second-order valence-electron chi connectivity index (χ2n) is 6.41. The lowest BCUT2D eigenvalue weighted by Crippen LogP contribution is -2.44. The van der Waals surface area contributed by atoms with Crippen LogP contribution in [0.2, 0.25) is 5.02 Å². The van der Waals surface area contributed by atoms with Crippen LogP contribution in [0.1, 0.15) is 17.9 Å². The van der Waals surface area contributed by atoms with Gasteiger partial charge in [-0.1, -0.05) is 11.6 Å². The van der Waals surface area contributed by atoms with E-state index in [1.807, 2.05) is 31.2 Å². The predicted molar refractivity (Wildman–Crippen MR) is 124 cm³/mol. The minimum Gasteiger partial charge on any atom is -0.495 e. The monoisotopic (exact) mass is 516 g/mol. The molecule has 0 saturated carbocycles. The van der Waals surface area contributed by atoms with E-state index in [1.54, 1.807) is 20.4 Å². The van der Waals surface area contributed by atoms with Crippen molar-refractivity contribution >= 4 is 47.2 Å². The normalized spacial score (nSPS) is 16.5. The summed E-state index contributed by atoms with van der Waals surface area (Å²) < 4.78 is 5.48.